The Balaban J connectivity index is 2.92. The van der Waals surface area contributed by atoms with Crippen LogP contribution in [-0.4, -0.2) is 21.5 Å². The number of hydrogen-bond donors (Lipinski definition) is 2. The maximum Gasteiger partial charge on any atom is 0.303 e. The molecule has 0 aromatic heterocycles. The zero-order chi connectivity index (χ0) is 14.6. The fraction of sp³-hybridized carbons (Fsp3) is 0.462. The van der Waals surface area contributed by atoms with Gasteiger partial charge in [0.2, 0.25) is 0 Å². The van der Waals surface area contributed by atoms with E-state index in [0.29, 0.717) is 12.1 Å². The molecule has 0 spiro atoms. The molecule has 1 aromatic carbocycles. The van der Waals surface area contributed by atoms with E-state index >= 15 is 0 Å². The number of rotatable bonds is 6. The first-order valence-corrected chi connectivity index (χ1v) is 5.96. The number of nitro groups is 1. The van der Waals surface area contributed by atoms with Crippen molar-refractivity contribution in [2.75, 3.05) is 5.32 Å². The first-order valence-electron chi connectivity index (χ1n) is 5.96. The minimum atomic E-state index is -0.881. The van der Waals surface area contributed by atoms with Gasteiger partial charge in [-0.15, -0.1) is 0 Å². The quantitative estimate of drug-likeness (QED) is 0.610. The summed E-state index contributed by atoms with van der Waals surface area (Å²) in [5.74, 6) is -0.881. The third kappa shape index (κ3) is 4.57. The van der Waals surface area contributed by atoms with Crippen LogP contribution in [0.3, 0.4) is 0 Å². The Hall–Kier alpha value is -2.11. The van der Waals surface area contributed by atoms with E-state index in [-0.39, 0.29) is 12.1 Å². The number of carboxylic acid groups (broad SMARTS) is 1. The lowest BCUT2D eigenvalue weighted by Gasteiger charge is -2.26. The molecule has 19 heavy (non-hydrogen) atoms. The van der Waals surface area contributed by atoms with E-state index in [9.17, 15) is 14.9 Å². The average Bonchev–Trinajstić information content (AvgIpc) is 2.28. The van der Waals surface area contributed by atoms with Gasteiger partial charge in [0.15, 0.2) is 0 Å². The molecule has 1 rings (SSSR count). The van der Waals surface area contributed by atoms with Gasteiger partial charge < -0.3 is 10.4 Å². The molecule has 0 radical (unpaired) electrons. The highest BCUT2D eigenvalue weighted by Crippen LogP contribution is 2.29. The zero-order valence-corrected chi connectivity index (χ0v) is 11.3. The number of anilines is 1. The average molecular weight is 266 g/mol. The second kappa shape index (κ2) is 5.69. The molecule has 1 aromatic rings. The van der Waals surface area contributed by atoms with Crippen molar-refractivity contribution in [3.63, 3.8) is 0 Å². The van der Waals surface area contributed by atoms with Gasteiger partial charge in [0, 0.05) is 18.0 Å². The minimum absolute atomic E-state index is 0.00315. The van der Waals surface area contributed by atoms with Crippen LogP contribution < -0.4 is 5.32 Å². The molecule has 0 fully saturated rings. The molecule has 0 saturated carbocycles. The maximum absolute atomic E-state index is 11.0. The summed E-state index contributed by atoms with van der Waals surface area (Å²) in [7, 11) is 0. The van der Waals surface area contributed by atoms with E-state index in [1.807, 2.05) is 13.8 Å². The van der Waals surface area contributed by atoms with Crippen LogP contribution in [0.1, 0.15) is 32.3 Å². The summed E-state index contributed by atoms with van der Waals surface area (Å²) in [4.78, 5) is 21.1. The van der Waals surface area contributed by atoms with Crippen LogP contribution in [0.4, 0.5) is 11.4 Å². The number of benzene rings is 1. The third-order valence-corrected chi connectivity index (χ3v) is 2.79. The number of carbonyl (C=O) groups is 1. The standard InChI is InChI=1S/C13H18N2O4/c1-9-4-5-10(11(8-9)15(18)19)14-13(2,3)7-6-12(16)17/h4-5,8,14H,6-7H2,1-3H3,(H,16,17). The van der Waals surface area contributed by atoms with Crippen molar-refractivity contribution in [1.82, 2.24) is 0 Å². The molecule has 104 valence electrons. The van der Waals surface area contributed by atoms with Crippen molar-refractivity contribution in [3.8, 4) is 0 Å². The normalized spacial score (nSPS) is 11.1. The van der Waals surface area contributed by atoms with Crippen molar-refractivity contribution >= 4 is 17.3 Å². The van der Waals surface area contributed by atoms with Gasteiger partial charge in [0.1, 0.15) is 5.69 Å². The van der Waals surface area contributed by atoms with Crippen LogP contribution in [0.5, 0.6) is 0 Å². The van der Waals surface area contributed by atoms with E-state index in [2.05, 4.69) is 5.32 Å². The molecule has 6 heteroatoms. The lowest BCUT2D eigenvalue weighted by molar-refractivity contribution is -0.384. The summed E-state index contributed by atoms with van der Waals surface area (Å²) in [5, 5.41) is 22.7. The van der Waals surface area contributed by atoms with Gasteiger partial charge in [-0.2, -0.15) is 0 Å². The Kier molecular flexibility index (Phi) is 4.47. The molecule has 0 saturated heterocycles. The predicted molar refractivity (Wildman–Crippen MR) is 72.4 cm³/mol. The van der Waals surface area contributed by atoms with E-state index in [4.69, 9.17) is 5.11 Å². The van der Waals surface area contributed by atoms with E-state index in [0.717, 1.165) is 5.56 Å². The van der Waals surface area contributed by atoms with Crippen LogP contribution in [-0.2, 0) is 4.79 Å². The number of hydrogen-bond acceptors (Lipinski definition) is 4. The lowest BCUT2D eigenvalue weighted by atomic mass is 9.97. The summed E-state index contributed by atoms with van der Waals surface area (Å²) < 4.78 is 0. The second-order valence-electron chi connectivity index (χ2n) is 5.18. The SMILES string of the molecule is Cc1ccc(NC(C)(C)CCC(=O)O)c([N+](=O)[O-])c1. The first-order chi connectivity index (χ1) is 8.71. The summed E-state index contributed by atoms with van der Waals surface area (Å²) >= 11 is 0. The molecular formula is C13H18N2O4. The Morgan fingerprint density at radius 1 is 1.47 bits per heavy atom. The Bertz CT molecular complexity index is 497. The summed E-state index contributed by atoms with van der Waals surface area (Å²) in [5.41, 5.74) is 0.688. The van der Waals surface area contributed by atoms with Crippen molar-refractivity contribution in [2.45, 2.75) is 39.2 Å². The highest BCUT2D eigenvalue weighted by molar-refractivity contribution is 5.67. The van der Waals surface area contributed by atoms with Crippen molar-refractivity contribution in [1.29, 1.82) is 0 Å². The number of nitro benzene ring substituents is 1. The van der Waals surface area contributed by atoms with Crippen molar-refractivity contribution in [2.24, 2.45) is 0 Å². The Morgan fingerprint density at radius 2 is 2.11 bits per heavy atom. The molecule has 0 aliphatic heterocycles. The van der Waals surface area contributed by atoms with Crippen LogP contribution in [0.2, 0.25) is 0 Å². The number of nitrogens with one attached hydrogen (secondary N) is 1. The maximum atomic E-state index is 11.0. The lowest BCUT2D eigenvalue weighted by Crippen LogP contribution is -2.31. The van der Waals surface area contributed by atoms with Crippen LogP contribution in [0, 0.1) is 17.0 Å². The van der Waals surface area contributed by atoms with Gasteiger partial charge in [0.05, 0.1) is 4.92 Å². The number of aryl methyl sites for hydroxylation is 1. The third-order valence-electron chi connectivity index (χ3n) is 2.79. The molecule has 2 N–H and O–H groups in total. The molecule has 0 unspecified atom stereocenters. The van der Waals surface area contributed by atoms with Crippen LogP contribution in [0.15, 0.2) is 18.2 Å². The molecule has 0 aliphatic carbocycles. The van der Waals surface area contributed by atoms with Gasteiger partial charge in [-0.05, 0) is 38.8 Å². The number of nitrogens with zero attached hydrogens (tertiary/aromatic N) is 1. The van der Waals surface area contributed by atoms with E-state index < -0.39 is 16.4 Å². The van der Waals surface area contributed by atoms with E-state index in [1.165, 1.54) is 6.07 Å². The molecule has 0 heterocycles. The van der Waals surface area contributed by atoms with Crippen LogP contribution >= 0.6 is 0 Å². The smallest absolute Gasteiger partial charge is 0.303 e. The Morgan fingerprint density at radius 3 is 2.63 bits per heavy atom. The monoisotopic (exact) mass is 266 g/mol. The fourth-order valence-electron chi connectivity index (χ4n) is 1.74. The van der Waals surface area contributed by atoms with Gasteiger partial charge in [-0.1, -0.05) is 6.07 Å². The largest absolute Gasteiger partial charge is 0.481 e. The summed E-state index contributed by atoms with van der Waals surface area (Å²) in [6, 6.07) is 4.92. The number of aliphatic carboxylic acids is 1. The summed E-state index contributed by atoms with van der Waals surface area (Å²) in [6.07, 6.45) is 0.396. The second-order valence-corrected chi connectivity index (χ2v) is 5.18. The molecule has 0 aliphatic rings. The highest BCUT2D eigenvalue weighted by atomic mass is 16.6. The van der Waals surface area contributed by atoms with Gasteiger partial charge in [0.25, 0.3) is 5.69 Å². The zero-order valence-electron chi connectivity index (χ0n) is 11.3. The Labute approximate surface area is 111 Å². The molecule has 6 nitrogen and oxygen atoms in total. The molecule has 0 amide bonds. The van der Waals surface area contributed by atoms with Crippen molar-refractivity contribution in [3.05, 3.63) is 33.9 Å². The number of carboxylic acids is 1. The van der Waals surface area contributed by atoms with Crippen molar-refractivity contribution < 1.29 is 14.8 Å². The summed E-state index contributed by atoms with van der Waals surface area (Å²) in [6.45, 7) is 5.42. The van der Waals surface area contributed by atoms with Crippen LogP contribution in [0.25, 0.3) is 0 Å². The highest BCUT2D eigenvalue weighted by Gasteiger charge is 2.23. The molecule has 0 bridgehead atoms. The topological polar surface area (TPSA) is 92.5 Å². The fourth-order valence-corrected chi connectivity index (χ4v) is 1.74. The van der Waals surface area contributed by atoms with Gasteiger partial charge >= 0.3 is 5.97 Å². The van der Waals surface area contributed by atoms with E-state index in [1.54, 1.807) is 19.1 Å². The first kappa shape index (κ1) is 14.9. The minimum Gasteiger partial charge on any atom is -0.481 e. The molecule has 0 atom stereocenters. The predicted octanol–water partition coefficient (Wildman–Crippen LogP) is 2.96. The van der Waals surface area contributed by atoms with Gasteiger partial charge in [-0.25, -0.2) is 0 Å². The molecular weight excluding hydrogens is 248 g/mol. The van der Waals surface area contributed by atoms with Gasteiger partial charge in [-0.3, -0.25) is 14.9 Å².